The van der Waals surface area contributed by atoms with Gasteiger partial charge in [0.25, 0.3) is 5.91 Å². The first-order valence-corrected chi connectivity index (χ1v) is 8.17. The van der Waals surface area contributed by atoms with Crippen LogP contribution in [0.4, 0.5) is 0 Å². The number of carbonyl (C=O) groups is 1. The third-order valence-corrected chi connectivity index (χ3v) is 4.28. The van der Waals surface area contributed by atoms with Crippen LogP contribution in [-0.2, 0) is 0 Å². The van der Waals surface area contributed by atoms with Gasteiger partial charge in [0.1, 0.15) is 5.69 Å². The van der Waals surface area contributed by atoms with Gasteiger partial charge in [-0.15, -0.1) is 0 Å². The van der Waals surface area contributed by atoms with Gasteiger partial charge in [0.05, 0.1) is 18.0 Å². The van der Waals surface area contributed by atoms with Crippen LogP contribution >= 0.6 is 0 Å². The second kappa shape index (κ2) is 7.51. The third-order valence-electron chi connectivity index (χ3n) is 4.28. The van der Waals surface area contributed by atoms with Crippen molar-refractivity contribution in [3.63, 3.8) is 0 Å². The first-order valence-electron chi connectivity index (χ1n) is 8.17. The van der Waals surface area contributed by atoms with Gasteiger partial charge in [-0.05, 0) is 12.5 Å². The molecule has 2 aromatic rings. The van der Waals surface area contributed by atoms with E-state index >= 15 is 0 Å². The number of carbonyl (C=O) groups excluding carboxylic acids is 1. The second-order valence-corrected chi connectivity index (χ2v) is 6.06. The highest BCUT2D eigenvalue weighted by molar-refractivity contribution is 5.92. The molecule has 1 aliphatic heterocycles. The Morgan fingerprint density at radius 1 is 1.12 bits per heavy atom. The molecule has 3 rings (SSSR count). The molecule has 1 fully saturated rings. The van der Waals surface area contributed by atoms with E-state index in [-0.39, 0.29) is 5.91 Å². The topological polar surface area (TPSA) is 69.6 Å². The quantitative estimate of drug-likeness (QED) is 0.916. The van der Waals surface area contributed by atoms with E-state index in [1.807, 2.05) is 37.3 Å². The Morgan fingerprint density at radius 3 is 2.46 bits per heavy atom. The minimum Gasteiger partial charge on any atom is -0.387 e. The van der Waals surface area contributed by atoms with Crippen LogP contribution in [0.3, 0.4) is 0 Å². The molecular weight excluding hydrogens is 304 g/mol. The minimum atomic E-state index is -0.503. The van der Waals surface area contributed by atoms with E-state index in [4.69, 9.17) is 0 Å². The molecule has 1 N–H and O–H groups in total. The van der Waals surface area contributed by atoms with Crippen molar-refractivity contribution < 1.29 is 9.90 Å². The average molecular weight is 326 g/mol. The lowest BCUT2D eigenvalue weighted by molar-refractivity contribution is 0.0522. The highest BCUT2D eigenvalue weighted by Gasteiger charge is 2.24. The Bertz CT molecular complexity index is 667. The van der Waals surface area contributed by atoms with E-state index in [1.165, 1.54) is 6.20 Å². The molecule has 6 heteroatoms. The maximum absolute atomic E-state index is 12.4. The van der Waals surface area contributed by atoms with Crippen LogP contribution in [0.2, 0.25) is 0 Å². The van der Waals surface area contributed by atoms with Gasteiger partial charge >= 0.3 is 0 Å². The number of piperazine rings is 1. The van der Waals surface area contributed by atoms with Gasteiger partial charge in [-0.2, -0.15) is 0 Å². The summed E-state index contributed by atoms with van der Waals surface area (Å²) >= 11 is 0. The Morgan fingerprint density at radius 2 is 1.83 bits per heavy atom. The maximum atomic E-state index is 12.4. The van der Waals surface area contributed by atoms with Crippen LogP contribution in [0.5, 0.6) is 0 Å². The SMILES string of the molecule is Cc1cnc(C(=O)N2CCN(CC(O)c3ccccc3)CC2)cn1. The van der Waals surface area contributed by atoms with E-state index in [0.29, 0.717) is 25.3 Å². The summed E-state index contributed by atoms with van der Waals surface area (Å²) in [6.07, 6.45) is 2.64. The summed E-state index contributed by atoms with van der Waals surface area (Å²) in [7, 11) is 0. The number of benzene rings is 1. The molecule has 0 radical (unpaired) electrons. The van der Waals surface area contributed by atoms with Gasteiger partial charge in [0, 0.05) is 38.9 Å². The number of aliphatic hydroxyl groups excluding tert-OH is 1. The largest absolute Gasteiger partial charge is 0.387 e. The molecule has 1 aromatic carbocycles. The van der Waals surface area contributed by atoms with Crippen molar-refractivity contribution in [1.29, 1.82) is 0 Å². The molecule has 24 heavy (non-hydrogen) atoms. The number of nitrogens with zero attached hydrogens (tertiary/aromatic N) is 4. The molecular formula is C18H22N4O2. The van der Waals surface area contributed by atoms with Crippen molar-refractivity contribution in [2.24, 2.45) is 0 Å². The molecule has 1 unspecified atom stereocenters. The van der Waals surface area contributed by atoms with Crippen molar-refractivity contribution in [3.8, 4) is 0 Å². The number of rotatable bonds is 4. The molecule has 1 aromatic heterocycles. The predicted molar refractivity (Wildman–Crippen MR) is 90.5 cm³/mol. The van der Waals surface area contributed by atoms with Crippen molar-refractivity contribution in [1.82, 2.24) is 19.8 Å². The van der Waals surface area contributed by atoms with E-state index in [1.54, 1.807) is 11.1 Å². The number of aromatic nitrogens is 2. The zero-order valence-electron chi connectivity index (χ0n) is 13.8. The predicted octanol–water partition coefficient (Wildman–Crippen LogP) is 1.28. The molecule has 1 saturated heterocycles. The zero-order chi connectivity index (χ0) is 16.9. The lowest BCUT2D eigenvalue weighted by Crippen LogP contribution is -2.49. The van der Waals surface area contributed by atoms with Gasteiger partial charge < -0.3 is 10.0 Å². The van der Waals surface area contributed by atoms with E-state index < -0.39 is 6.10 Å². The van der Waals surface area contributed by atoms with Crippen LogP contribution < -0.4 is 0 Å². The summed E-state index contributed by atoms with van der Waals surface area (Å²) in [5.74, 6) is -0.0780. The van der Waals surface area contributed by atoms with Gasteiger partial charge in [-0.3, -0.25) is 14.7 Å². The molecule has 6 nitrogen and oxygen atoms in total. The minimum absolute atomic E-state index is 0.0780. The van der Waals surface area contributed by atoms with E-state index in [0.717, 1.165) is 24.3 Å². The van der Waals surface area contributed by atoms with Crippen LogP contribution in [0, 0.1) is 6.92 Å². The number of aliphatic hydroxyl groups is 1. The monoisotopic (exact) mass is 326 g/mol. The summed E-state index contributed by atoms with van der Waals surface area (Å²) in [6, 6.07) is 9.66. The Hall–Kier alpha value is -2.31. The standard InChI is InChI=1S/C18H22N4O2/c1-14-11-20-16(12-19-14)18(24)22-9-7-21(8-10-22)13-17(23)15-5-3-2-4-6-15/h2-6,11-12,17,23H,7-10,13H2,1H3. The molecule has 0 saturated carbocycles. The number of hydrogen-bond donors (Lipinski definition) is 1. The lowest BCUT2D eigenvalue weighted by atomic mass is 10.1. The van der Waals surface area contributed by atoms with Crippen molar-refractivity contribution in [3.05, 3.63) is 59.7 Å². The van der Waals surface area contributed by atoms with Crippen molar-refractivity contribution >= 4 is 5.91 Å². The molecule has 1 amide bonds. The Kier molecular flexibility index (Phi) is 5.17. The first kappa shape index (κ1) is 16.5. The van der Waals surface area contributed by atoms with Crippen LogP contribution in [0.1, 0.15) is 27.8 Å². The molecule has 1 atom stereocenters. The first-order chi connectivity index (χ1) is 11.6. The summed E-state index contributed by atoms with van der Waals surface area (Å²) in [6.45, 7) is 5.18. The number of aryl methyl sites for hydroxylation is 1. The number of hydrogen-bond acceptors (Lipinski definition) is 5. The molecule has 0 spiro atoms. The second-order valence-electron chi connectivity index (χ2n) is 6.06. The zero-order valence-corrected chi connectivity index (χ0v) is 13.8. The fourth-order valence-electron chi connectivity index (χ4n) is 2.82. The maximum Gasteiger partial charge on any atom is 0.274 e. The normalized spacial score (nSPS) is 16.8. The fraction of sp³-hybridized carbons (Fsp3) is 0.389. The highest BCUT2D eigenvalue weighted by atomic mass is 16.3. The van der Waals surface area contributed by atoms with E-state index in [9.17, 15) is 9.90 Å². The summed E-state index contributed by atoms with van der Waals surface area (Å²) in [5.41, 5.74) is 2.11. The number of β-amino-alcohol motifs (C(OH)–C–C–N with tert-alkyl or cyclic N) is 1. The number of amides is 1. The van der Waals surface area contributed by atoms with Crippen molar-refractivity contribution in [2.45, 2.75) is 13.0 Å². The summed E-state index contributed by atoms with van der Waals surface area (Å²) < 4.78 is 0. The highest BCUT2D eigenvalue weighted by Crippen LogP contribution is 2.15. The Balaban J connectivity index is 1.52. The molecule has 0 bridgehead atoms. The average Bonchev–Trinajstić information content (AvgIpc) is 2.63. The van der Waals surface area contributed by atoms with Crippen LogP contribution in [0.25, 0.3) is 0 Å². The van der Waals surface area contributed by atoms with E-state index in [2.05, 4.69) is 14.9 Å². The smallest absolute Gasteiger partial charge is 0.274 e. The Labute approximate surface area is 141 Å². The van der Waals surface area contributed by atoms with Crippen LogP contribution in [-0.4, -0.2) is 63.5 Å². The van der Waals surface area contributed by atoms with Gasteiger partial charge in [-0.1, -0.05) is 30.3 Å². The molecule has 2 heterocycles. The van der Waals surface area contributed by atoms with Crippen LogP contribution in [0.15, 0.2) is 42.7 Å². The molecule has 0 aliphatic carbocycles. The lowest BCUT2D eigenvalue weighted by Gasteiger charge is -2.35. The van der Waals surface area contributed by atoms with Crippen molar-refractivity contribution in [2.75, 3.05) is 32.7 Å². The van der Waals surface area contributed by atoms with Gasteiger partial charge in [-0.25, -0.2) is 4.98 Å². The van der Waals surface area contributed by atoms with Gasteiger partial charge in [0.2, 0.25) is 0 Å². The fourth-order valence-corrected chi connectivity index (χ4v) is 2.82. The van der Waals surface area contributed by atoms with Gasteiger partial charge in [0.15, 0.2) is 0 Å². The molecule has 126 valence electrons. The molecule has 1 aliphatic rings. The third kappa shape index (κ3) is 3.96. The summed E-state index contributed by atoms with van der Waals surface area (Å²) in [5, 5.41) is 10.3. The summed E-state index contributed by atoms with van der Waals surface area (Å²) in [4.78, 5) is 24.7.